The number of hydrogen-bond donors (Lipinski definition) is 3. The zero-order valence-corrected chi connectivity index (χ0v) is 17.1. The van der Waals surface area contributed by atoms with Crippen molar-refractivity contribution in [1.82, 2.24) is 16.0 Å². The van der Waals surface area contributed by atoms with Crippen molar-refractivity contribution in [2.45, 2.75) is 54.3 Å². The van der Waals surface area contributed by atoms with Crippen LogP contribution in [0.15, 0.2) is 18.2 Å². The van der Waals surface area contributed by atoms with Crippen molar-refractivity contribution in [1.29, 1.82) is 0 Å². The molecule has 2 unspecified atom stereocenters. The molecule has 0 radical (unpaired) electrons. The van der Waals surface area contributed by atoms with E-state index in [9.17, 15) is 14.0 Å². The van der Waals surface area contributed by atoms with Crippen LogP contribution in [-0.4, -0.2) is 46.7 Å². The van der Waals surface area contributed by atoms with E-state index < -0.39 is 5.82 Å². The number of halogens is 2. The van der Waals surface area contributed by atoms with Crippen LogP contribution in [0.1, 0.15) is 32.6 Å². The molecular formula is C19H23ClFN3O3S. The zero-order valence-electron chi connectivity index (χ0n) is 15.5. The fourth-order valence-corrected chi connectivity index (χ4v) is 5.66. The van der Waals surface area contributed by atoms with E-state index in [2.05, 4.69) is 22.9 Å². The first kappa shape index (κ1) is 19.8. The minimum absolute atomic E-state index is 0.00941. The second-order valence-electron chi connectivity index (χ2n) is 8.05. The largest absolute Gasteiger partial charge is 0.484 e. The van der Waals surface area contributed by atoms with Crippen molar-refractivity contribution in [3.63, 3.8) is 0 Å². The molecule has 4 aliphatic rings. The number of hydrogen-bond acceptors (Lipinski definition) is 5. The Balaban J connectivity index is 1.25. The molecule has 28 heavy (non-hydrogen) atoms. The normalized spacial score (nSPS) is 33.2. The number of benzene rings is 1. The number of ether oxygens (including phenoxy) is 1. The zero-order chi connectivity index (χ0) is 19.9. The number of rotatable bonds is 6. The molecule has 2 atom stereocenters. The fourth-order valence-electron chi connectivity index (χ4n) is 4.51. The Kier molecular flexibility index (Phi) is 5.22. The predicted octanol–water partition coefficient (Wildman–Crippen LogP) is 2.21. The van der Waals surface area contributed by atoms with Gasteiger partial charge in [0.05, 0.1) is 5.02 Å². The Labute approximate surface area is 172 Å². The summed E-state index contributed by atoms with van der Waals surface area (Å²) in [6, 6.07) is 4.07. The van der Waals surface area contributed by atoms with Gasteiger partial charge in [0.25, 0.3) is 5.91 Å². The Morgan fingerprint density at radius 1 is 1.32 bits per heavy atom. The molecule has 4 fully saturated rings. The molecule has 1 saturated heterocycles. The second kappa shape index (κ2) is 7.39. The summed E-state index contributed by atoms with van der Waals surface area (Å²) in [5, 5.41) is 9.71. The van der Waals surface area contributed by atoms with Gasteiger partial charge in [-0.05, 0) is 37.8 Å². The number of fused-ring (bicyclic) bond motifs is 1. The number of carbonyl (C=O) groups excluding carboxylic acids is 2. The monoisotopic (exact) mass is 427 g/mol. The molecule has 3 aliphatic carbocycles. The quantitative estimate of drug-likeness (QED) is 0.648. The van der Waals surface area contributed by atoms with Crippen LogP contribution < -0.4 is 20.7 Å². The molecule has 9 heteroatoms. The maximum Gasteiger partial charge on any atom is 0.258 e. The second-order valence-corrected chi connectivity index (χ2v) is 10.0. The summed E-state index contributed by atoms with van der Waals surface area (Å²) in [6.07, 6.45) is 3.16. The molecule has 6 nitrogen and oxygen atoms in total. The van der Waals surface area contributed by atoms with E-state index in [1.165, 1.54) is 12.1 Å². The first-order valence-corrected chi connectivity index (χ1v) is 10.7. The Morgan fingerprint density at radius 3 is 2.68 bits per heavy atom. The third kappa shape index (κ3) is 3.95. The summed E-state index contributed by atoms with van der Waals surface area (Å²) in [5.74, 6) is -0.548. The van der Waals surface area contributed by atoms with Gasteiger partial charge in [-0.15, -0.1) is 11.8 Å². The van der Waals surface area contributed by atoms with Gasteiger partial charge in [-0.3, -0.25) is 14.9 Å². The third-order valence-electron chi connectivity index (χ3n) is 5.69. The van der Waals surface area contributed by atoms with Gasteiger partial charge in [0.15, 0.2) is 6.61 Å². The summed E-state index contributed by atoms with van der Waals surface area (Å²) in [7, 11) is 0. The number of amides is 2. The van der Waals surface area contributed by atoms with Gasteiger partial charge in [0.2, 0.25) is 5.91 Å². The van der Waals surface area contributed by atoms with Gasteiger partial charge in [-0.25, -0.2) is 4.39 Å². The molecule has 1 aliphatic heterocycles. The van der Waals surface area contributed by atoms with Gasteiger partial charge in [-0.1, -0.05) is 18.5 Å². The number of carbonyl (C=O) groups is 2. The van der Waals surface area contributed by atoms with Gasteiger partial charge >= 0.3 is 0 Å². The highest BCUT2D eigenvalue weighted by Crippen LogP contribution is 2.55. The van der Waals surface area contributed by atoms with Crippen LogP contribution in [0.2, 0.25) is 5.02 Å². The Bertz CT molecular complexity index is 803. The van der Waals surface area contributed by atoms with Crippen LogP contribution in [0.5, 0.6) is 5.75 Å². The van der Waals surface area contributed by atoms with Crippen molar-refractivity contribution in [2.24, 2.45) is 0 Å². The average molecular weight is 428 g/mol. The molecule has 152 valence electrons. The maximum absolute atomic E-state index is 13.4. The maximum atomic E-state index is 13.4. The predicted molar refractivity (Wildman–Crippen MR) is 106 cm³/mol. The summed E-state index contributed by atoms with van der Waals surface area (Å²) in [5.41, 5.74) is -0.485. The third-order valence-corrected chi connectivity index (χ3v) is 7.28. The lowest BCUT2D eigenvalue weighted by Crippen LogP contribution is -2.66. The summed E-state index contributed by atoms with van der Waals surface area (Å²) >= 11 is 7.28. The van der Waals surface area contributed by atoms with Crippen LogP contribution >= 0.6 is 23.4 Å². The molecule has 1 aromatic rings. The van der Waals surface area contributed by atoms with Crippen LogP contribution in [0.3, 0.4) is 0 Å². The van der Waals surface area contributed by atoms with Crippen LogP contribution in [0, 0.1) is 5.82 Å². The standard InChI is InChI=1S/C19H23ClFN3O3S/c1-11-7-22-17(28-11)16(26)24-19-5-4-18(9-19,10-19)23-15(25)8-27-12-2-3-13(20)14(21)6-12/h2-3,6,11,17,22H,4-5,7-10H2,1H3,(H,23,25)(H,24,26). The molecule has 2 bridgehead atoms. The minimum Gasteiger partial charge on any atom is -0.484 e. The Morgan fingerprint density at radius 2 is 2.04 bits per heavy atom. The molecule has 2 amide bonds. The SMILES string of the molecule is CC1CNC(C(=O)NC23CCC(NC(=O)COc4ccc(Cl)c(F)c4)(C2)C3)S1. The number of thioether (sulfide) groups is 1. The molecule has 5 rings (SSSR count). The summed E-state index contributed by atoms with van der Waals surface area (Å²) < 4.78 is 18.8. The average Bonchev–Trinajstić information content (AvgIpc) is 3.29. The summed E-state index contributed by atoms with van der Waals surface area (Å²) in [4.78, 5) is 24.7. The van der Waals surface area contributed by atoms with Gasteiger partial charge in [-0.2, -0.15) is 0 Å². The molecule has 1 heterocycles. The first-order chi connectivity index (χ1) is 13.3. The van der Waals surface area contributed by atoms with Crippen molar-refractivity contribution >= 4 is 35.2 Å². The highest BCUT2D eigenvalue weighted by Gasteiger charge is 2.62. The van der Waals surface area contributed by atoms with E-state index in [1.54, 1.807) is 11.8 Å². The van der Waals surface area contributed by atoms with Crippen molar-refractivity contribution in [3.05, 3.63) is 29.0 Å². The number of nitrogens with one attached hydrogen (secondary N) is 3. The van der Waals surface area contributed by atoms with Gasteiger partial charge in [0, 0.05) is 28.9 Å². The fraction of sp³-hybridized carbons (Fsp3) is 0.579. The van der Waals surface area contributed by atoms with E-state index in [4.69, 9.17) is 16.3 Å². The van der Waals surface area contributed by atoms with Gasteiger partial charge < -0.3 is 15.4 Å². The molecule has 1 aromatic carbocycles. The molecule has 0 aromatic heterocycles. The van der Waals surface area contributed by atoms with Gasteiger partial charge in [0.1, 0.15) is 16.9 Å². The van der Waals surface area contributed by atoms with Crippen LogP contribution in [0.4, 0.5) is 4.39 Å². The topological polar surface area (TPSA) is 79.5 Å². The molecule has 0 spiro atoms. The summed E-state index contributed by atoms with van der Waals surface area (Å²) in [6.45, 7) is 2.75. The highest BCUT2D eigenvalue weighted by molar-refractivity contribution is 8.01. The lowest BCUT2D eigenvalue weighted by molar-refractivity contribution is -0.127. The smallest absolute Gasteiger partial charge is 0.258 e. The van der Waals surface area contributed by atoms with Crippen molar-refractivity contribution in [3.8, 4) is 5.75 Å². The van der Waals surface area contributed by atoms with E-state index in [1.807, 2.05) is 0 Å². The lowest BCUT2D eigenvalue weighted by Gasteiger charge is -2.48. The first-order valence-electron chi connectivity index (χ1n) is 9.38. The lowest BCUT2D eigenvalue weighted by atomic mass is 9.71. The van der Waals surface area contributed by atoms with E-state index in [0.717, 1.165) is 38.3 Å². The van der Waals surface area contributed by atoms with E-state index in [0.29, 0.717) is 5.25 Å². The minimum atomic E-state index is -0.585. The molecule has 3 N–H and O–H groups in total. The molecular weight excluding hydrogens is 405 g/mol. The van der Waals surface area contributed by atoms with E-state index in [-0.39, 0.29) is 45.6 Å². The van der Waals surface area contributed by atoms with Crippen molar-refractivity contribution < 1.29 is 18.7 Å². The molecule has 3 saturated carbocycles. The van der Waals surface area contributed by atoms with E-state index >= 15 is 0 Å². The van der Waals surface area contributed by atoms with Crippen molar-refractivity contribution in [2.75, 3.05) is 13.2 Å². The highest BCUT2D eigenvalue weighted by atomic mass is 35.5. The van der Waals surface area contributed by atoms with Crippen LogP contribution in [0.25, 0.3) is 0 Å². The Hall–Kier alpha value is -1.51. The van der Waals surface area contributed by atoms with Crippen LogP contribution in [-0.2, 0) is 9.59 Å².